The van der Waals surface area contributed by atoms with Gasteiger partial charge in [-0.3, -0.25) is 0 Å². The third-order valence-electron chi connectivity index (χ3n) is 14.4. The van der Waals surface area contributed by atoms with E-state index >= 15 is 4.79 Å². The Balaban J connectivity index is 1.42. The van der Waals surface area contributed by atoms with Gasteiger partial charge in [0.2, 0.25) is 0 Å². The van der Waals surface area contributed by atoms with Crippen molar-refractivity contribution in [3.05, 3.63) is 101 Å². The first kappa shape index (κ1) is 52.3. The standard InChI is InChI=1S/C56H73F6NO4/c1-5-6-7-8-13-18-34-54(63,51(65)67-52(2,3)4)53(38-64,49-25-20-24-46-44-22-17-16-21-39(44)37-48(46)49)42-29-32-45-40(36-42)26-33-50(66-43-30-27-41(28-31-43)56(60,61)62)47(45)23-15-12-10-9-11-14-19-35-55(57,58)59/h16-17,20-22,24-26,29,32-33,36,41,43,64H,5-15,18-19,23,27-28,30-31,34-35,37-38,63H2,1-4H3/t41?,43?,53-,54?/m0/s1. The number of benzene rings is 4. The Bertz CT molecular complexity index is 2240. The number of nitrogens with two attached hydrogens (primary N) is 1. The average Bonchev–Trinajstić information content (AvgIpc) is 3.66. The summed E-state index contributed by atoms with van der Waals surface area (Å²) in [5.41, 5.74) is 10.4. The number of hydrogen-bond acceptors (Lipinski definition) is 5. The van der Waals surface area contributed by atoms with Gasteiger partial charge in [-0.15, -0.1) is 0 Å². The molecule has 0 heterocycles. The zero-order valence-corrected chi connectivity index (χ0v) is 40.2. The quantitative estimate of drug-likeness (QED) is 0.0387. The summed E-state index contributed by atoms with van der Waals surface area (Å²) in [6, 6.07) is 24.2. The lowest BCUT2D eigenvalue weighted by molar-refractivity contribution is -0.185. The van der Waals surface area contributed by atoms with Gasteiger partial charge in [-0.2, -0.15) is 26.3 Å². The van der Waals surface area contributed by atoms with Gasteiger partial charge in [-0.1, -0.05) is 144 Å². The van der Waals surface area contributed by atoms with E-state index < -0.39 is 53.8 Å². The van der Waals surface area contributed by atoms with Gasteiger partial charge in [0.05, 0.1) is 24.0 Å². The second-order valence-corrected chi connectivity index (χ2v) is 20.4. The number of esters is 1. The molecule has 0 amide bonds. The van der Waals surface area contributed by atoms with E-state index in [0.717, 1.165) is 108 Å². The highest BCUT2D eigenvalue weighted by Crippen LogP contribution is 2.51. The number of aliphatic hydroxyl groups excluding tert-OH is 1. The van der Waals surface area contributed by atoms with Crippen LogP contribution in [0.3, 0.4) is 0 Å². The van der Waals surface area contributed by atoms with Gasteiger partial charge in [0.25, 0.3) is 0 Å². The van der Waals surface area contributed by atoms with E-state index in [4.69, 9.17) is 15.2 Å². The number of aliphatic hydroxyl groups is 1. The topological polar surface area (TPSA) is 81.8 Å². The van der Waals surface area contributed by atoms with E-state index in [-0.39, 0.29) is 31.8 Å². The summed E-state index contributed by atoms with van der Waals surface area (Å²) in [6.07, 6.45) is 3.12. The van der Waals surface area contributed by atoms with Crippen LogP contribution < -0.4 is 10.5 Å². The summed E-state index contributed by atoms with van der Waals surface area (Å²) >= 11 is 0. The molecule has 0 spiro atoms. The Hall–Kier alpha value is -4.09. The van der Waals surface area contributed by atoms with E-state index in [0.29, 0.717) is 49.8 Å². The number of halogens is 6. The van der Waals surface area contributed by atoms with Gasteiger partial charge in [-0.05, 0) is 129 Å². The smallest absolute Gasteiger partial charge is 0.391 e. The maximum Gasteiger partial charge on any atom is 0.391 e. The number of carbonyl (C=O) groups excluding carboxylic acids is 1. The molecular formula is C56H73F6NO4. The Morgan fingerprint density at radius 2 is 1.34 bits per heavy atom. The van der Waals surface area contributed by atoms with Crippen molar-refractivity contribution < 1.29 is 45.7 Å². The van der Waals surface area contributed by atoms with Gasteiger partial charge in [0.15, 0.2) is 0 Å². The van der Waals surface area contributed by atoms with E-state index in [1.165, 1.54) is 0 Å². The third kappa shape index (κ3) is 12.8. The molecule has 3 N–H and O–H groups in total. The molecule has 67 heavy (non-hydrogen) atoms. The lowest BCUT2D eigenvalue weighted by Crippen LogP contribution is -2.67. The van der Waals surface area contributed by atoms with Crippen LogP contribution in [0.2, 0.25) is 0 Å². The molecule has 5 nitrogen and oxygen atoms in total. The molecule has 0 aromatic heterocycles. The zero-order valence-electron chi connectivity index (χ0n) is 40.2. The maximum absolute atomic E-state index is 15.0. The van der Waals surface area contributed by atoms with Crippen LogP contribution in [0.15, 0.2) is 72.8 Å². The minimum atomic E-state index is -4.23. The lowest BCUT2D eigenvalue weighted by Gasteiger charge is -2.48. The number of unbranched alkanes of at least 4 members (excludes halogenated alkanes) is 11. The van der Waals surface area contributed by atoms with Crippen molar-refractivity contribution in [2.24, 2.45) is 11.7 Å². The van der Waals surface area contributed by atoms with Gasteiger partial charge in [0, 0.05) is 12.0 Å². The molecule has 6 rings (SSSR count). The van der Waals surface area contributed by atoms with Gasteiger partial charge in [-0.25, -0.2) is 4.79 Å². The second kappa shape index (κ2) is 22.6. The maximum atomic E-state index is 15.0. The van der Waals surface area contributed by atoms with E-state index in [9.17, 15) is 31.4 Å². The molecule has 1 unspecified atom stereocenters. The average molecular weight is 938 g/mol. The predicted molar refractivity (Wildman–Crippen MR) is 256 cm³/mol. The fourth-order valence-corrected chi connectivity index (χ4v) is 10.8. The molecule has 2 atom stereocenters. The highest BCUT2D eigenvalue weighted by molar-refractivity contribution is 5.91. The fourth-order valence-electron chi connectivity index (χ4n) is 10.8. The highest BCUT2D eigenvalue weighted by atomic mass is 19.4. The molecule has 4 aromatic rings. The molecule has 0 aliphatic heterocycles. The van der Waals surface area contributed by atoms with Crippen LogP contribution in [-0.4, -0.2) is 47.3 Å². The van der Waals surface area contributed by atoms with Crippen LogP contribution in [0.4, 0.5) is 26.3 Å². The number of alkyl halides is 6. The zero-order chi connectivity index (χ0) is 48.5. The first-order valence-electron chi connectivity index (χ1n) is 25.0. The van der Waals surface area contributed by atoms with E-state index in [1.807, 2.05) is 75.4 Å². The Morgan fingerprint density at radius 3 is 1.99 bits per heavy atom. The van der Waals surface area contributed by atoms with Crippen molar-refractivity contribution in [1.29, 1.82) is 0 Å². The van der Waals surface area contributed by atoms with Crippen LogP contribution in [0.1, 0.15) is 178 Å². The number of hydrogen-bond donors (Lipinski definition) is 2. The van der Waals surface area contributed by atoms with Crippen molar-refractivity contribution in [1.82, 2.24) is 0 Å². The second-order valence-electron chi connectivity index (χ2n) is 20.4. The molecule has 0 radical (unpaired) electrons. The van der Waals surface area contributed by atoms with Crippen LogP contribution in [0.25, 0.3) is 21.9 Å². The Kier molecular flexibility index (Phi) is 17.6. The summed E-state index contributed by atoms with van der Waals surface area (Å²) in [5.74, 6) is -1.29. The predicted octanol–water partition coefficient (Wildman–Crippen LogP) is 15.2. The largest absolute Gasteiger partial charge is 0.490 e. The molecule has 2 aliphatic rings. The summed E-state index contributed by atoms with van der Waals surface area (Å²) in [7, 11) is 0. The number of carbonyl (C=O) groups is 1. The van der Waals surface area contributed by atoms with E-state index in [1.54, 1.807) is 0 Å². The van der Waals surface area contributed by atoms with E-state index in [2.05, 4.69) is 25.1 Å². The van der Waals surface area contributed by atoms with Crippen molar-refractivity contribution in [2.75, 3.05) is 6.61 Å². The molecule has 11 heteroatoms. The number of rotatable bonds is 23. The van der Waals surface area contributed by atoms with Crippen LogP contribution in [0, 0.1) is 5.92 Å². The lowest BCUT2D eigenvalue weighted by atomic mass is 9.58. The number of ether oxygens (including phenoxy) is 2. The first-order chi connectivity index (χ1) is 31.8. The molecule has 2 aliphatic carbocycles. The summed E-state index contributed by atoms with van der Waals surface area (Å²) < 4.78 is 91.7. The molecule has 1 saturated carbocycles. The fraction of sp³-hybridized carbons (Fsp3) is 0.589. The molecule has 1 fully saturated rings. The van der Waals surface area contributed by atoms with Crippen molar-refractivity contribution in [3.63, 3.8) is 0 Å². The minimum absolute atomic E-state index is 0.0121. The Labute approximate surface area is 394 Å². The van der Waals surface area contributed by atoms with Gasteiger partial charge < -0.3 is 20.3 Å². The third-order valence-corrected chi connectivity index (χ3v) is 14.4. The first-order valence-corrected chi connectivity index (χ1v) is 25.0. The number of aryl methyl sites for hydroxylation is 1. The summed E-state index contributed by atoms with van der Waals surface area (Å²) in [4.78, 5) is 15.0. The molecule has 0 saturated heterocycles. The van der Waals surface area contributed by atoms with Crippen LogP contribution >= 0.6 is 0 Å². The van der Waals surface area contributed by atoms with Gasteiger partial charge in [0.1, 0.15) is 16.9 Å². The SMILES string of the molecule is CCCCCCCCC(N)(C(=O)OC(C)(C)C)[C@@](CO)(c1ccc2c(CCCCCCCCCC(F)(F)F)c(OC3CCC(C(F)(F)F)CC3)ccc2c1)c1cccc2c1Cc1ccccc1-2. The highest BCUT2D eigenvalue weighted by Gasteiger charge is 2.58. The van der Waals surface area contributed by atoms with Crippen molar-refractivity contribution in [3.8, 4) is 16.9 Å². The summed E-state index contributed by atoms with van der Waals surface area (Å²) in [6.45, 7) is 7.16. The molecule has 368 valence electrons. The minimum Gasteiger partial charge on any atom is -0.490 e. The number of fused-ring (bicyclic) bond motifs is 4. The molecular weight excluding hydrogens is 865 g/mol. The van der Waals surface area contributed by atoms with Crippen molar-refractivity contribution in [2.45, 2.75) is 198 Å². The van der Waals surface area contributed by atoms with Crippen LogP contribution in [0.5, 0.6) is 5.75 Å². The Morgan fingerprint density at radius 1 is 0.716 bits per heavy atom. The summed E-state index contributed by atoms with van der Waals surface area (Å²) in [5, 5.41) is 14.0. The monoisotopic (exact) mass is 938 g/mol. The molecule has 0 bridgehead atoms. The van der Waals surface area contributed by atoms with Crippen LogP contribution in [-0.2, 0) is 27.8 Å². The normalized spacial score (nSPS) is 18.3. The molecule has 4 aromatic carbocycles. The van der Waals surface area contributed by atoms with Gasteiger partial charge >= 0.3 is 18.3 Å². The van der Waals surface area contributed by atoms with Crippen molar-refractivity contribution >= 4 is 16.7 Å².